The smallest absolute Gasteiger partial charge is 0.332 e. The fraction of sp³-hybridized carbons (Fsp3) is 0.250. The highest BCUT2D eigenvalue weighted by atomic mass is 16.1. The first-order valence-corrected chi connectivity index (χ1v) is 2.60. The number of nitrogens with one attached hydrogen (secondary N) is 1. The molecule has 0 bridgehead atoms. The summed E-state index contributed by atoms with van der Waals surface area (Å²) in [7, 11) is 1.51. The Morgan fingerprint density at radius 2 is 2.60 bits per heavy atom. The highest BCUT2D eigenvalue weighted by Gasteiger charge is 1.89. The Labute approximate surface area is 56.0 Å². The molecule has 0 spiro atoms. The summed E-state index contributed by atoms with van der Waals surface area (Å²) in [4.78, 5) is 20.3. The van der Waals surface area contributed by atoms with Crippen molar-refractivity contribution in [2.45, 2.75) is 0 Å². The van der Waals surface area contributed by atoms with Crippen LogP contribution in [0.1, 0.15) is 0 Å². The summed E-state index contributed by atoms with van der Waals surface area (Å²) in [6.07, 6.45) is 1.24. The van der Waals surface area contributed by atoms with Crippen molar-refractivity contribution in [1.29, 1.82) is 0 Å². The third-order valence-electron chi connectivity index (χ3n) is 1.00. The number of aromatic nitrogens is 3. The predicted octanol–water partition coefficient (Wildman–Crippen LogP) is -2.18. The molecular weight excluding hydrogens is 134 g/mol. The first-order chi connectivity index (χ1) is 4.75. The molecule has 3 N–H and O–H groups in total. The number of H-pyrrole nitrogens is 1. The summed E-state index contributed by atoms with van der Waals surface area (Å²) in [6.45, 7) is 0. The molecule has 10 heavy (non-hydrogen) atoms. The Bertz CT molecular complexity index is 334. The SMILES string of the molecule is C/N=c1/nc[nH]c(=O)n1N. The highest BCUT2D eigenvalue weighted by molar-refractivity contribution is 4.64. The van der Waals surface area contributed by atoms with Crippen molar-refractivity contribution in [2.24, 2.45) is 4.99 Å². The minimum absolute atomic E-state index is 0.198. The van der Waals surface area contributed by atoms with Crippen molar-refractivity contribution >= 4 is 0 Å². The highest BCUT2D eigenvalue weighted by Crippen LogP contribution is 1.50. The lowest BCUT2D eigenvalue weighted by Crippen LogP contribution is -2.42. The first kappa shape index (κ1) is 6.53. The summed E-state index contributed by atoms with van der Waals surface area (Å²) in [5.74, 6) is 5.21. The van der Waals surface area contributed by atoms with E-state index in [0.717, 1.165) is 4.68 Å². The molecule has 1 aromatic heterocycles. The van der Waals surface area contributed by atoms with E-state index in [1.54, 1.807) is 0 Å². The second-order valence-electron chi connectivity index (χ2n) is 1.60. The van der Waals surface area contributed by atoms with Gasteiger partial charge in [0.05, 0.1) is 0 Å². The second kappa shape index (κ2) is 2.34. The van der Waals surface area contributed by atoms with Gasteiger partial charge in [-0.25, -0.2) is 9.78 Å². The Morgan fingerprint density at radius 3 is 3.10 bits per heavy atom. The van der Waals surface area contributed by atoms with E-state index < -0.39 is 5.69 Å². The number of nitrogens with two attached hydrogens (primary N) is 1. The minimum atomic E-state index is -0.435. The van der Waals surface area contributed by atoms with E-state index in [0.29, 0.717) is 0 Å². The van der Waals surface area contributed by atoms with Gasteiger partial charge in [0.25, 0.3) is 0 Å². The van der Waals surface area contributed by atoms with Crippen LogP contribution in [0, 0.1) is 0 Å². The molecular formula is C4H7N5O. The molecule has 1 rings (SSSR count). The first-order valence-electron chi connectivity index (χ1n) is 2.60. The molecule has 6 nitrogen and oxygen atoms in total. The fourth-order valence-electron chi connectivity index (χ4n) is 0.533. The van der Waals surface area contributed by atoms with Gasteiger partial charge in [-0.2, -0.15) is 4.68 Å². The topological polar surface area (TPSA) is 89.1 Å². The lowest BCUT2D eigenvalue weighted by molar-refractivity contribution is 0.745. The molecule has 0 radical (unpaired) electrons. The van der Waals surface area contributed by atoms with Crippen LogP contribution in [0.5, 0.6) is 0 Å². The van der Waals surface area contributed by atoms with Crippen LogP contribution in [0.4, 0.5) is 0 Å². The maximum atomic E-state index is 10.7. The molecule has 1 heterocycles. The van der Waals surface area contributed by atoms with Gasteiger partial charge in [0.1, 0.15) is 6.33 Å². The Morgan fingerprint density at radius 1 is 1.90 bits per heavy atom. The van der Waals surface area contributed by atoms with E-state index >= 15 is 0 Å². The van der Waals surface area contributed by atoms with Crippen LogP contribution < -0.4 is 17.2 Å². The summed E-state index contributed by atoms with van der Waals surface area (Å²) < 4.78 is 0.833. The Balaban J connectivity index is 3.59. The molecule has 0 atom stereocenters. The van der Waals surface area contributed by atoms with E-state index in [1.165, 1.54) is 13.4 Å². The molecule has 0 saturated carbocycles. The zero-order chi connectivity index (χ0) is 7.56. The number of hydrogen-bond acceptors (Lipinski definition) is 4. The second-order valence-corrected chi connectivity index (χ2v) is 1.60. The normalized spacial score (nSPS) is 11.9. The summed E-state index contributed by atoms with van der Waals surface area (Å²) in [6, 6.07) is 0. The molecule has 0 fully saturated rings. The molecule has 0 amide bonds. The molecule has 6 heteroatoms. The van der Waals surface area contributed by atoms with Crippen LogP contribution in [-0.4, -0.2) is 21.7 Å². The molecule has 1 aromatic rings. The predicted molar refractivity (Wildman–Crippen MR) is 34.5 cm³/mol. The van der Waals surface area contributed by atoms with Crippen LogP contribution in [0.3, 0.4) is 0 Å². The average Bonchev–Trinajstić information content (AvgIpc) is 1.95. The van der Waals surface area contributed by atoms with Gasteiger partial charge in [-0.1, -0.05) is 0 Å². The van der Waals surface area contributed by atoms with Crippen molar-refractivity contribution in [3.8, 4) is 0 Å². The fourth-order valence-corrected chi connectivity index (χ4v) is 0.533. The van der Waals surface area contributed by atoms with Gasteiger partial charge in [-0.15, -0.1) is 0 Å². The number of rotatable bonds is 0. The minimum Gasteiger partial charge on any atom is -0.332 e. The summed E-state index contributed by atoms with van der Waals surface area (Å²) in [5.41, 5.74) is -0.237. The third kappa shape index (κ3) is 0.903. The van der Waals surface area contributed by atoms with Crippen LogP contribution in [0.15, 0.2) is 16.1 Å². The number of aromatic amines is 1. The van der Waals surface area contributed by atoms with Crippen LogP contribution in [0.25, 0.3) is 0 Å². The molecule has 0 aliphatic carbocycles. The van der Waals surface area contributed by atoms with Gasteiger partial charge < -0.3 is 5.84 Å². The summed E-state index contributed by atoms with van der Waals surface area (Å²) >= 11 is 0. The third-order valence-corrected chi connectivity index (χ3v) is 1.00. The Kier molecular flexibility index (Phi) is 1.53. The average molecular weight is 141 g/mol. The molecule has 0 aliphatic rings. The van der Waals surface area contributed by atoms with Gasteiger partial charge in [-0.05, 0) is 0 Å². The van der Waals surface area contributed by atoms with E-state index in [4.69, 9.17) is 5.84 Å². The number of hydrogen-bond donors (Lipinski definition) is 2. The van der Waals surface area contributed by atoms with Crippen LogP contribution >= 0.6 is 0 Å². The monoisotopic (exact) mass is 141 g/mol. The van der Waals surface area contributed by atoms with Gasteiger partial charge in [0, 0.05) is 7.05 Å². The van der Waals surface area contributed by atoms with Crippen LogP contribution in [0.2, 0.25) is 0 Å². The zero-order valence-electron chi connectivity index (χ0n) is 5.40. The van der Waals surface area contributed by atoms with Crippen molar-refractivity contribution < 1.29 is 0 Å². The van der Waals surface area contributed by atoms with E-state index in [2.05, 4.69) is 15.0 Å². The van der Waals surface area contributed by atoms with Gasteiger partial charge in [0.15, 0.2) is 0 Å². The summed E-state index contributed by atoms with van der Waals surface area (Å²) in [5, 5.41) is 0. The molecule has 0 aliphatic heterocycles. The largest absolute Gasteiger partial charge is 0.348 e. The molecule has 54 valence electrons. The number of nitrogens with zero attached hydrogens (tertiary/aromatic N) is 3. The maximum absolute atomic E-state index is 10.7. The van der Waals surface area contributed by atoms with Gasteiger partial charge in [-0.3, -0.25) is 9.98 Å². The molecule has 0 aromatic carbocycles. The quantitative estimate of drug-likeness (QED) is 0.402. The van der Waals surface area contributed by atoms with Crippen molar-refractivity contribution in [3.05, 3.63) is 22.4 Å². The van der Waals surface area contributed by atoms with Crippen LogP contribution in [-0.2, 0) is 0 Å². The van der Waals surface area contributed by atoms with Gasteiger partial charge >= 0.3 is 5.69 Å². The van der Waals surface area contributed by atoms with E-state index in [-0.39, 0.29) is 5.62 Å². The lowest BCUT2D eigenvalue weighted by atomic mass is 11.0. The van der Waals surface area contributed by atoms with Crippen molar-refractivity contribution in [3.63, 3.8) is 0 Å². The maximum Gasteiger partial charge on any atom is 0.348 e. The standard InChI is InChI=1S/C4H7N5O/c1-6-3-7-2-8-4(10)9(3)5/h2H,5H2,1H3,(H,6,7,8,10). The van der Waals surface area contributed by atoms with Crippen molar-refractivity contribution in [2.75, 3.05) is 12.9 Å². The zero-order valence-corrected chi connectivity index (χ0v) is 5.40. The number of nitrogen functional groups attached to an aromatic ring is 1. The lowest BCUT2D eigenvalue weighted by Gasteiger charge is -1.92. The van der Waals surface area contributed by atoms with Gasteiger partial charge in [0.2, 0.25) is 5.62 Å². The van der Waals surface area contributed by atoms with E-state index in [1.807, 2.05) is 0 Å². The van der Waals surface area contributed by atoms with Crippen molar-refractivity contribution in [1.82, 2.24) is 14.6 Å². The Hall–Kier alpha value is -1.59. The molecule has 0 saturated heterocycles. The van der Waals surface area contributed by atoms with E-state index in [9.17, 15) is 4.79 Å². The molecule has 0 unspecified atom stereocenters.